The third-order valence-corrected chi connectivity index (χ3v) is 5.82. The molecule has 1 saturated carbocycles. The molecule has 0 spiro atoms. The maximum Gasteiger partial charge on any atom is 0.188 e. The van der Waals surface area contributed by atoms with Crippen molar-refractivity contribution >= 4 is 11.4 Å². The fraction of sp³-hybridized carbons (Fsp3) is 0.333. The molecule has 5 heteroatoms. The number of para-hydroxylation sites is 1. The molecule has 4 nitrogen and oxygen atoms in total. The summed E-state index contributed by atoms with van der Waals surface area (Å²) in [6, 6.07) is 13.2. The number of quaternary nitrogens is 1. The van der Waals surface area contributed by atoms with Gasteiger partial charge in [0.2, 0.25) is 0 Å². The lowest BCUT2D eigenvalue weighted by atomic mass is 10.1. The molecule has 1 atom stereocenters. The number of hydrogen-bond acceptors (Lipinski definition) is 3. The van der Waals surface area contributed by atoms with Crippen LogP contribution in [-0.2, 0) is 0 Å². The zero-order valence-electron chi connectivity index (χ0n) is 16.8. The number of nitrogens with two attached hydrogens (primary N) is 1. The van der Waals surface area contributed by atoms with Crippen molar-refractivity contribution in [3.8, 4) is 11.5 Å². The molecule has 2 N–H and O–H groups in total. The van der Waals surface area contributed by atoms with Gasteiger partial charge in [-0.1, -0.05) is 24.3 Å². The van der Waals surface area contributed by atoms with E-state index in [1.54, 1.807) is 7.11 Å². The van der Waals surface area contributed by atoms with Gasteiger partial charge in [0.05, 0.1) is 13.2 Å². The lowest BCUT2D eigenvalue weighted by Crippen LogP contribution is -2.41. The van der Waals surface area contributed by atoms with Crippen LogP contribution in [0.3, 0.4) is 0 Å². The Morgan fingerprint density at radius 3 is 2.55 bits per heavy atom. The Balaban J connectivity index is 1.86. The molecule has 1 aliphatic heterocycles. The molecule has 152 valence electrons. The van der Waals surface area contributed by atoms with Gasteiger partial charge in [-0.25, -0.2) is 8.87 Å². The molecule has 0 aromatic heterocycles. The Morgan fingerprint density at radius 1 is 1.10 bits per heavy atom. The highest BCUT2D eigenvalue weighted by Crippen LogP contribution is 2.44. The molecule has 1 aliphatic carbocycles. The van der Waals surface area contributed by atoms with E-state index >= 15 is 4.39 Å². The number of rotatable bonds is 6. The third-order valence-electron chi connectivity index (χ3n) is 5.82. The highest BCUT2D eigenvalue weighted by Gasteiger charge is 2.37. The molecule has 0 bridgehead atoms. The minimum atomic E-state index is -0.326. The van der Waals surface area contributed by atoms with Gasteiger partial charge in [0, 0.05) is 24.3 Å². The summed E-state index contributed by atoms with van der Waals surface area (Å²) in [5, 5.41) is 0. The Bertz CT molecular complexity index is 920. The molecule has 29 heavy (non-hydrogen) atoms. The second-order valence-electron chi connectivity index (χ2n) is 7.68. The van der Waals surface area contributed by atoms with Gasteiger partial charge < -0.3 is 15.2 Å². The van der Waals surface area contributed by atoms with Gasteiger partial charge >= 0.3 is 0 Å². The lowest BCUT2D eigenvalue weighted by molar-refractivity contribution is 0.200. The number of halogens is 1. The van der Waals surface area contributed by atoms with Crippen LogP contribution in [0, 0.1) is 5.82 Å². The smallest absolute Gasteiger partial charge is 0.188 e. The second kappa shape index (κ2) is 8.39. The highest BCUT2D eigenvalue weighted by molar-refractivity contribution is 5.67. The fourth-order valence-corrected chi connectivity index (χ4v) is 4.32. The van der Waals surface area contributed by atoms with Gasteiger partial charge in [0.25, 0.3) is 0 Å². The summed E-state index contributed by atoms with van der Waals surface area (Å²) in [6.45, 7) is 0.992. The summed E-state index contributed by atoms with van der Waals surface area (Å²) < 4.78 is 27.4. The first-order chi connectivity index (χ1) is 14.2. The molecular formula is C24H28FN2O2+. The number of ether oxygens (including phenoxy) is 2. The summed E-state index contributed by atoms with van der Waals surface area (Å²) in [7, 11) is 1.55. The van der Waals surface area contributed by atoms with E-state index in [1.807, 2.05) is 48.7 Å². The van der Waals surface area contributed by atoms with Gasteiger partial charge in [-0.15, -0.1) is 0 Å². The Morgan fingerprint density at radius 2 is 1.86 bits per heavy atom. The van der Waals surface area contributed by atoms with Crippen LogP contribution in [0.25, 0.3) is 0 Å². The van der Waals surface area contributed by atoms with Crippen molar-refractivity contribution in [1.29, 1.82) is 0 Å². The molecule has 1 unspecified atom stereocenters. The van der Waals surface area contributed by atoms with Crippen molar-refractivity contribution < 1.29 is 13.9 Å². The first-order valence-corrected chi connectivity index (χ1v) is 10.2. The van der Waals surface area contributed by atoms with Crippen molar-refractivity contribution in [2.24, 2.45) is 5.73 Å². The zero-order valence-corrected chi connectivity index (χ0v) is 16.8. The summed E-state index contributed by atoms with van der Waals surface area (Å²) >= 11 is 0. The van der Waals surface area contributed by atoms with Crippen LogP contribution >= 0.6 is 0 Å². The van der Waals surface area contributed by atoms with Crippen LogP contribution in [0.15, 0.2) is 66.4 Å². The number of hydrogen-bond donors (Lipinski definition) is 1. The fourth-order valence-electron chi connectivity index (χ4n) is 4.32. The predicted octanol–water partition coefficient (Wildman–Crippen LogP) is 5.21. The van der Waals surface area contributed by atoms with Crippen LogP contribution in [0.5, 0.6) is 11.5 Å². The first-order valence-electron chi connectivity index (χ1n) is 10.2. The summed E-state index contributed by atoms with van der Waals surface area (Å²) in [4.78, 5) is 0. The van der Waals surface area contributed by atoms with E-state index in [9.17, 15) is 0 Å². The van der Waals surface area contributed by atoms with Gasteiger partial charge in [0.15, 0.2) is 23.0 Å². The van der Waals surface area contributed by atoms with Gasteiger partial charge in [-0.3, -0.25) is 0 Å². The van der Waals surface area contributed by atoms with E-state index in [1.165, 1.54) is 18.9 Å². The third kappa shape index (κ3) is 3.80. The van der Waals surface area contributed by atoms with Crippen molar-refractivity contribution in [2.75, 3.05) is 20.2 Å². The molecule has 0 saturated heterocycles. The minimum Gasteiger partial charge on any atom is -0.493 e. The van der Waals surface area contributed by atoms with Gasteiger partial charge in [-0.2, -0.15) is 0 Å². The molecule has 0 radical (unpaired) electrons. The topological polar surface area (TPSA) is 44.5 Å². The van der Waals surface area contributed by atoms with E-state index in [4.69, 9.17) is 15.2 Å². The Kier molecular flexibility index (Phi) is 5.69. The number of nitrogens with zero attached hydrogens (tertiary/aromatic N) is 1. The molecular weight excluding hydrogens is 367 g/mol. The maximum absolute atomic E-state index is 15.4. The monoisotopic (exact) mass is 395 g/mol. The van der Waals surface area contributed by atoms with Crippen LogP contribution in [0.2, 0.25) is 0 Å². The Labute approximate surface area is 171 Å². The molecule has 2 aromatic rings. The molecule has 1 fully saturated rings. The van der Waals surface area contributed by atoms with Gasteiger partial charge in [-0.05, 0) is 43.9 Å². The van der Waals surface area contributed by atoms with E-state index in [0.29, 0.717) is 30.3 Å². The number of methoxy groups -OCH3 is 1. The van der Waals surface area contributed by atoms with Crippen molar-refractivity contribution in [3.63, 3.8) is 0 Å². The van der Waals surface area contributed by atoms with Crippen LogP contribution in [-0.4, -0.2) is 26.3 Å². The minimum absolute atomic E-state index is 0.156. The normalized spacial score (nSPS) is 21.8. The lowest BCUT2D eigenvalue weighted by Gasteiger charge is -2.36. The first kappa shape index (κ1) is 19.7. The highest BCUT2D eigenvalue weighted by atomic mass is 19.1. The Hall–Kier alpha value is -2.63. The van der Waals surface area contributed by atoms with E-state index < -0.39 is 0 Å². The molecule has 1 heterocycles. The summed E-state index contributed by atoms with van der Waals surface area (Å²) in [5.74, 6) is 0.703. The van der Waals surface area contributed by atoms with Crippen LogP contribution < -0.4 is 19.7 Å². The summed E-state index contributed by atoms with van der Waals surface area (Å²) in [6.07, 6.45) is 10.6. The molecule has 2 aliphatic rings. The largest absolute Gasteiger partial charge is 0.493 e. The zero-order chi connectivity index (χ0) is 20.3. The SMILES string of the molecule is COc1cc(F)c([N+]2(c3ccccc3)C=C(CN)C=CC2)cc1OC1CCCC1. The average Bonchev–Trinajstić information content (AvgIpc) is 3.28. The maximum atomic E-state index is 15.4. The second-order valence-corrected chi connectivity index (χ2v) is 7.68. The predicted molar refractivity (Wildman–Crippen MR) is 115 cm³/mol. The van der Waals surface area contributed by atoms with Crippen molar-refractivity contribution in [3.05, 3.63) is 72.2 Å². The van der Waals surface area contributed by atoms with E-state index in [2.05, 4.69) is 6.08 Å². The van der Waals surface area contributed by atoms with Gasteiger partial charge in [0.1, 0.15) is 18.4 Å². The van der Waals surface area contributed by atoms with Crippen LogP contribution in [0.4, 0.5) is 15.8 Å². The van der Waals surface area contributed by atoms with Crippen molar-refractivity contribution in [2.45, 2.75) is 31.8 Å². The molecule has 2 aromatic carbocycles. The average molecular weight is 395 g/mol. The van der Waals surface area contributed by atoms with Crippen molar-refractivity contribution in [1.82, 2.24) is 4.48 Å². The van der Waals surface area contributed by atoms with E-state index in [-0.39, 0.29) is 16.4 Å². The quantitative estimate of drug-likeness (QED) is 0.683. The molecule has 4 rings (SSSR count). The summed E-state index contributed by atoms with van der Waals surface area (Å²) in [5.41, 5.74) is 8.40. The number of benzene rings is 2. The standard InChI is InChI=1S/C24H28FN2O2/c1-28-23-14-21(25)22(15-24(23)29-20-11-5-6-12-20)27(19-9-3-2-4-10-19)13-7-8-18(16-26)17-27/h2-4,7-10,14-15,17,20H,5-6,11-13,16,26H2,1H3/q+1. The van der Waals surface area contributed by atoms with Crippen LogP contribution in [0.1, 0.15) is 25.7 Å². The van der Waals surface area contributed by atoms with E-state index in [0.717, 1.165) is 24.1 Å². The molecule has 0 amide bonds.